The van der Waals surface area contributed by atoms with Crippen molar-refractivity contribution in [3.63, 3.8) is 0 Å². The summed E-state index contributed by atoms with van der Waals surface area (Å²) in [6.07, 6.45) is 1.69. The normalized spacial score (nSPS) is 22.7. The molecular weight excluding hydrogens is 404 g/mol. The molecule has 0 aromatic heterocycles. The molecule has 0 radical (unpaired) electrons. The Bertz CT molecular complexity index is 1130. The molecule has 0 saturated carbocycles. The van der Waals surface area contributed by atoms with E-state index in [4.69, 9.17) is 9.47 Å². The largest absolute Gasteiger partial charge is 0.497 e. The van der Waals surface area contributed by atoms with Crippen LogP contribution >= 0.6 is 0 Å². The lowest BCUT2D eigenvalue weighted by atomic mass is 9.64. The van der Waals surface area contributed by atoms with Gasteiger partial charge in [-0.3, -0.25) is 4.79 Å². The fourth-order valence-electron chi connectivity index (χ4n) is 4.46. The van der Waals surface area contributed by atoms with E-state index in [9.17, 15) is 4.79 Å². The Kier molecular flexibility index (Phi) is 5.15. The summed E-state index contributed by atoms with van der Waals surface area (Å²) in [5, 5.41) is 13.2. The highest BCUT2D eigenvalue weighted by molar-refractivity contribution is 6.19. The number of rotatable bonds is 6. The van der Waals surface area contributed by atoms with Crippen molar-refractivity contribution < 1.29 is 14.3 Å². The Hall–Kier alpha value is -3.48. The van der Waals surface area contributed by atoms with Crippen molar-refractivity contribution >= 4 is 17.6 Å². The Labute approximate surface area is 188 Å². The molecule has 0 aliphatic carbocycles. The summed E-state index contributed by atoms with van der Waals surface area (Å²) in [5.41, 5.74) is 3.55. The number of nitrogens with zero attached hydrogens (tertiary/aromatic N) is 3. The molecule has 0 spiro atoms. The van der Waals surface area contributed by atoms with Gasteiger partial charge in [0.15, 0.2) is 0 Å². The Morgan fingerprint density at radius 2 is 1.44 bits per heavy atom. The van der Waals surface area contributed by atoms with Crippen LogP contribution in [0.3, 0.4) is 0 Å². The van der Waals surface area contributed by atoms with Crippen LogP contribution in [0.4, 0.5) is 0 Å². The maximum Gasteiger partial charge on any atom is 0.201 e. The Morgan fingerprint density at radius 1 is 0.875 bits per heavy atom. The molecule has 4 rings (SSSR count). The lowest BCUT2D eigenvalue weighted by Gasteiger charge is -2.38. The Morgan fingerprint density at radius 3 is 1.94 bits per heavy atom. The van der Waals surface area contributed by atoms with Gasteiger partial charge in [-0.1, -0.05) is 24.3 Å². The van der Waals surface area contributed by atoms with Crippen LogP contribution in [-0.4, -0.2) is 37.3 Å². The number of hydrogen-bond acceptors (Lipinski definition) is 7. The second kappa shape index (κ2) is 7.58. The highest BCUT2D eigenvalue weighted by Crippen LogP contribution is 2.46. The number of benzene rings is 2. The number of ketones is 1. The van der Waals surface area contributed by atoms with E-state index in [1.165, 1.54) is 0 Å². The average molecular weight is 433 g/mol. The smallest absolute Gasteiger partial charge is 0.201 e. The molecule has 0 fully saturated rings. The fraction of sp³-hybridized carbons (Fsp3) is 0.360. The third kappa shape index (κ3) is 3.20. The number of ether oxygens (including phenoxy) is 2. The fourth-order valence-corrected chi connectivity index (χ4v) is 4.46. The van der Waals surface area contributed by atoms with Crippen molar-refractivity contribution in [2.45, 2.75) is 44.2 Å². The monoisotopic (exact) mass is 432 g/mol. The predicted octanol–water partition coefficient (Wildman–Crippen LogP) is 4.53. The summed E-state index contributed by atoms with van der Waals surface area (Å²) in [7, 11) is 3.24. The first kappa shape index (κ1) is 21.7. The van der Waals surface area contributed by atoms with Gasteiger partial charge in [-0.25, -0.2) is 0 Å². The van der Waals surface area contributed by atoms with E-state index in [1.807, 2.05) is 76.2 Å². The molecule has 0 saturated heterocycles. The van der Waals surface area contributed by atoms with Crippen molar-refractivity contribution in [2.24, 2.45) is 15.3 Å². The summed E-state index contributed by atoms with van der Waals surface area (Å²) >= 11 is 0. The maximum absolute atomic E-state index is 14.3. The van der Waals surface area contributed by atoms with Gasteiger partial charge >= 0.3 is 0 Å². The highest BCUT2D eigenvalue weighted by atomic mass is 16.5. The van der Waals surface area contributed by atoms with Gasteiger partial charge in [0.2, 0.25) is 5.78 Å². The number of methoxy groups -OCH3 is 2. The summed E-state index contributed by atoms with van der Waals surface area (Å²) in [6.45, 7) is 7.85. The standard InChI is InChI=1S/C25H28N4O3/c1-23(2)20(16-7-11-18(31-5)12-8-16)21(27-28-23)22(30)25(15-26-29-24(25,3)4)17-9-13-19(32-6)14-10-17/h7-15,29H,1-6H3. The molecular formula is C25H28N4O3. The van der Waals surface area contributed by atoms with E-state index < -0.39 is 16.5 Å². The van der Waals surface area contributed by atoms with E-state index in [2.05, 4.69) is 20.8 Å². The van der Waals surface area contributed by atoms with Crippen LogP contribution in [0.15, 0.2) is 69.6 Å². The van der Waals surface area contributed by atoms with Crippen LogP contribution in [0.1, 0.15) is 38.8 Å². The first-order valence-corrected chi connectivity index (χ1v) is 10.5. The van der Waals surface area contributed by atoms with Crippen molar-refractivity contribution in [1.29, 1.82) is 0 Å². The SMILES string of the molecule is COc1ccc(C2=C(C(=O)C3(c4ccc(OC)cc4)C=NNC3(C)C)N=NC2(C)C)cc1. The number of allylic oxidation sites excluding steroid dienone is 1. The van der Waals surface area contributed by atoms with Crippen LogP contribution in [-0.2, 0) is 10.2 Å². The molecule has 7 heteroatoms. The molecule has 2 aromatic rings. The summed E-state index contributed by atoms with van der Waals surface area (Å²) in [6, 6.07) is 15.1. The topological polar surface area (TPSA) is 84.6 Å². The number of Topliss-reactive ketones (excluding diaryl/α,β-unsaturated/α-hetero) is 1. The second-order valence-corrected chi connectivity index (χ2v) is 9.07. The van der Waals surface area contributed by atoms with Gasteiger partial charge in [0.1, 0.15) is 28.1 Å². The van der Waals surface area contributed by atoms with E-state index in [0.717, 1.165) is 28.2 Å². The van der Waals surface area contributed by atoms with Crippen LogP contribution in [0.2, 0.25) is 0 Å². The van der Waals surface area contributed by atoms with Gasteiger partial charge in [0.05, 0.1) is 19.8 Å². The first-order valence-electron chi connectivity index (χ1n) is 10.5. The number of carbonyl (C=O) groups excluding carboxylic acids is 1. The number of hydrogen-bond donors (Lipinski definition) is 1. The van der Waals surface area contributed by atoms with Crippen molar-refractivity contribution in [2.75, 3.05) is 14.2 Å². The van der Waals surface area contributed by atoms with Crippen LogP contribution in [0.5, 0.6) is 11.5 Å². The van der Waals surface area contributed by atoms with Crippen molar-refractivity contribution in [1.82, 2.24) is 5.43 Å². The molecule has 7 nitrogen and oxygen atoms in total. The molecule has 1 N–H and O–H groups in total. The number of azo groups is 1. The minimum absolute atomic E-state index is 0.151. The van der Waals surface area contributed by atoms with E-state index >= 15 is 0 Å². The maximum atomic E-state index is 14.3. The van der Waals surface area contributed by atoms with Crippen LogP contribution in [0.25, 0.3) is 5.57 Å². The van der Waals surface area contributed by atoms with E-state index in [-0.39, 0.29) is 5.78 Å². The van der Waals surface area contributed by atoms with Gasteiger partial charge in [0, 0.05) is 11.8 Å². The number of carbonyl (C=O) groups is 1. The van der Waals surface area contributed by atoms with Gasteiger partial charge < -0.3 is 14.9 Å². The Balaban J connectivity index is 1.90. The lowest BCUT2D eigenvalue weighted by Crippen LogP contribution is -2.56. The van der Waals surface area contributed by atoms with Gasteiger partial charge in [-0.05, 0) is 63.1 Å². The third-order valence-electron chi connectivity index (χ3n) is 6.33. The summed E-state index contributed by atoms with van der Waals surface area (Å²) in [4.78, 5) is 14.3. The zero-order valence-corrected chi connectivity index (χ0v) is 19.3. The highest BCUT2D eigenvalue weighted by Gasteiger charge is 2.57. The second-order valence-electron chi connectivity index (χ2n) is 9.07. The molecule has 2 aromatic carbocycles. The van der Waals surface area contributed by atoms with Crippen LogP contribution < -0.4 is 14.9 Å². The van der Waals surface area contributed by atoms with E-state index in [1.54, 1.807) is 20.4 Å². The molecule has 2 aliphatic heterocycles. The molecule has 2 aliphatic rings. The van der Waals surface area contributed by atoms with Gasteiger partial charge in [-0.2, -0.15) is 15.3 Å². The minimum atomic E-state index is -1.06. The van der Waals surface area contributed by atoms with Crippen LogP contribution in [0, 0.1) is 0 Å². The summed E-state index contributed by atoms with van der Waals surface area (Å²) in [5.74, 6) is 1.31. The molecule has 0 amide bonds. The van der Waals surface area contributed by atoms with Crippen molar-refractivity contribution in [3.05, 3.63) is 65.4 Å². The molecule has 1 unspecified atom stereocenters. The average Bonchev–Trinajstić information content (AvgIpc) is 3.28. The minimum Gasteiger partial charge on any atom is -0.497 e. The quantitative estimate of drug-likeness (QED) is 0.727. The summed E-state index contributed by atoms with van der Waals surface area (Å²) < 4.78 is 10.6. The molecule has 2 heterocycles. The first-order chi connectivity index (χ1) is 15.2. The van der Waals surface area contributed by atoms with Gasteiger partial charge in [0.25, 0.3) is 0 Å². The molecule has 166 valence electrons. The lowest BCUT2D eigenvalue weighted by molar-refractivity contribution is -0.120. The zero-order valence-electron chi connectivity index (χ0n) is 19.3. The molecule has 1 atom stereocenters. The zero-order chi connectivity index (χ0) is 23.1. The number of nitrogens with one attached hydrogen (secondary N) is 1. The predicted molar refractivity (Wildman–Crippen MR) is 124 cm³/mol. The number of hydrazone groups is 1. The third-order valence-corrected chi connectivity index (χ3v) is 6.33. The van der Waals surface area contributed by atoms with E-state index in [0.29, 0.717) is 5.70 Å². The molecule has 32 heavy (non-hydrogen) atoms. The molecule has 0 bridgehead atoms. The van der Waals surface area contributed by atoms with Crippen molar-refractivity contribution in [3.8, 4) is 11.5 Å². The van der Waals surface area contributed by atoms with Gasteiger partial charge in [-0.15, -0.1) is 0 Å².